The molecular weight excluding hydrogens is 514 g/mol. The van der Waals surface area contributed by atoms with Gasteiger partial charge < -0.3 is 25.3 Å². The predicted molar refractivity (Wildman–Crippen MR) is 148 cm³/mol. The highest BCUT2D eigenvalue weighted by Gasteiger charge is 2.18. The molecule has 2 aromatic carbocycles. The van der Waals surface area contributed by atoms with Crippen LogP contribution < -0.4 is 20.7 Å². The highest BCUT2D eigenvalue weighted by atomic mass is 35.5. The van der Waals surface area contributed by atoms with Crippen LogP contribution in [0.2, 0.25) is 5.02 Å². The largest absolute Gasteiger partial charge is 0.444 e. The fraction of sp³-hybridized carbons (Fsp3) is 0.346. The van der Waals surface area contributed by atoms with Gasteiger partial charge in [0.1, 0.15) is 11.3 Å². The van der Waals surface area contributed by atoms with E-state index in [2.05, 4.69) is 20.7 Å². The summed E-state index contributed by atoms with van der Waals surface area (Å²) in [7, 11) is 1.83. The molecule has 1 unspecified atom stereocenters. The van der Waals surface area contributed by atoms with Gasteiger partial charge in [0.25, 0.3) is 5.91 Å². The molecule has 4 N–H and O–H groups in total. The molecule has 1 heterocycles. The van der Waals surface area contributed by atoms with Crippen molar-refractivity contribution >= 4 is 58.2 Å². The van der Waals surface area contributed by atoms with Gasteiger partial charge in [0.15, 0.2) is 0 Å². The average molecular weight is 546 g/mol. The van der Waals surface area contributed by atoms with E-state index in [1.807, 2.05) is 30.7 Å². The Morgan fingerprint density at radius 2 is 1.78 bits per heavy atom. The van der Waals surface area contributed by atoms with Gasteiger partial charge in [-0.3, -0.25) is 9.52 Å². The topological polar surface area (TPSA) is 113 Å². The van der Waals surface area contributed by atoms with E-state index in [4.69, 9.17) is 16.3 Å². The number of carbonyl (C=O) groups is 3. The molecule has 0 saturated heterocycles. The van der Waals surface area contributed by atoms with Crippen LogP contribution in [0, 0.1) is 6.92 Å². The second-order valence-corrected chi connectivity index (χ2v) is 10.9. The number of halogens is 1. The molecule has 0 aliphatic rings. The van der Waals surface area contributed by atoms with E-state index in [1.54, 1.807) is 58.0 Å². The Morgan fingerprint density at radius 1 is 1.11 bits per heavy atom. The fourth-order valence-corrected chi connectivity index (χ4v) is 4.22. The zero-order valence-corrected chi connectivity index (χ0v) is 23.3. The van der Waals surface area contributed by atoms with Gasteiger partial charge in [-0.15, -0.1) is 0 Å². The Kier molecular flexibility index (Phi) is 8.98. The third-order valence-corrected chi connectivity index (χ3v) is 6.59. The van der Waals surface area contributed by atoms with Gasteiger partial charge in [0.05, 0.1) is 5.02 Å². The number of benzene rings is 2. The monoisotopic (exact) mass is 545 g/mol. The van der Waals surface area contributed by atoms with E-state index in [9.17, 15) is 14.4 Å². The van der Waals surface area contributed by atoms with Crippen LogP contribution >= 0.6 is 23.5 Å². The van der Waals surface area contributed by atoms with Crippen molar-refractivity contribution in [1.29, 1.82) is 0 Å². The number of hydrogen-bond acceptors (Lipinski definition) is 5. The maximum atomic E-state index is 12.9. The number of urea groups is 1. The van der Waals surface area contributed by atoms with E-state index >= 15 is 0 Å². The zero-order valence-electron chi connectivity index (χ0n) is 21.7. The SMILES string of the molecule is Cc1ccc2c(cc(C(=O)Nc3ccc(SNC(=O)NC(C)CNC(=O)OC(C)(C)C)cc3)n2C)c1Cl. The summed E-state index contributed by atoms with van der Waals surface area (Å²) >= 11 is 7.55. The molecule has 0 fully saturated rings. The summed E-state index contributed by atoms with van der Waals surface area (Å²) < 4.78 is 9.68. The number of carbonyl (C=O) groups excluding carboxylic acids is 3. The molecule has 3 aromatic rings. The summed E-state index contributed by atoms with van der Waals surface area (Å²) in [4.78, 5) is 37.5. The highest BCUT2D eigenvalue weighted by molar-refractivity contribution is 7.98. The minimum atomic E-state index is -0.587. The van der Waals surface area contributed by atoms with E-state index in [-0.39, 0.29) is 18.5 Å². The van der Waals surface area contributed by atoms with Crippen molar-refractivity contribution in [2.24, 2.45) is 7.05 Å². The molecule has 1 aromatic heterocycles. The van der Waals surface area contributed by atoms with Crippen molar-refractivity contribution in [3.8, 4) is 0 Å². The van der Waals surface area contributed by atoms with Crippen LogP contribution in [-0.4, -0.2) is 40.8 Å². The number of nitrogens with zero attached hydrogens (tertiary/aromatic N) is 1. The molecule has 0 aliphatic heterocycles. The van der Waals surface area contributed by atoms with Crippen molar-refractivity contribution in [1.82, 2.24) is 19.9 Å². The number of rotatable bonds is 7. The van der Waals surface area contributed by atoms with Crippen LogP contribution in [0.4, 0.5) is 15.3 Å². The van der Waals surface area contributed by atoms with Crippen molar-refractivity contribution < 1.29 is 19.1 Å². The number of fused-ring (bicyclic) bond motifs is 1. The summed E-state index contributed by atoms with van der Waals surface area (Å²) in [5.41, 5.74) is 2.36. The zero-order chi connectivity index (χ0) is 27.3. The molecular formula is C26H32ClN5O4S. The average Bonchev–Trinajstić information content (AvgIpc) is 3.15. The first-order valence-electron chi connectivity index (χ1n) is 11.7. The minimum Gasteiger partial charge on any atom is -0.444 e. The number of ether oxygens (including phenoxy) is 1. The van der Waals surface area contributed by atoms with Crippen LogP contribution in [0.15, 0.2) is 47.4 Å². The smallest absolute Gasteiger partial charge is 0.407 e. The first-order valence-corrected chi connectivity index (χ1v) is 12.9. The van der Waals surface area contributed by atoms with Crippen LogP contribution in [0.5, 0.6) is 0 Å². The van der Waals surface area contributed by atoms with Crippen molar-refractivity contribution in [2.45, 2.75) is 51.2 Å². The Morgan fingerprint density at radius 3 is 2.43 bits per heavy atom. The summed E-state index contributed by atoms with van der Waals surface area (Å²) in [6, 6.07) is 12.0. The van der Waals surface area contributed by atoms with Crippen LogP contribution in [-0.2, 0) is 11.8 Å². The van der Waals surface area contributed by atoms with E-state index in [1.165, 1.54) is 0 Å². The molecule has 3 rings (SSSR count). The van der Waals surface area contributed by atoms with Gasteiger partial charge in [0.2, 0.25) is 0 Å². The lowest BCUT2D eigenvalue weighted by Gasteiger charge is -2.21. The molecule has 37 heavy (non-hydrogen) atoms. The van der Waals surface area contributed by atoms with Gasteiger partial charge >= 0.3 is 12.1 Å². The molecule has 0 spiro atoms. The van der Waals surface area contributed by atoms with Crippen molar-refractivity contribution in [3.63, 3.8) is 0 Å². The number of alkyl carbamates (subject to hydrolysis) is 1. The predicted octanol–water partition coefficient (Wildman–Crippen LogP) is 5.61. The maximum Gasteiger partial charge on any atom is 0.407 e. The molecule has 9 nitrogen and oxygen atoms in total. The Balaban J connectivity index is 1.48. The lowest BCUT2D eigenvalue weighted by atomic mass is 10.2. The number of anilines is 1. The molecule has 0 bridgehead atoms. The molecule has 0 saturated carbocycles. The van der Waals surface area contributed by atoms with Crippen molar-refractivity contribution in [3.05, 3.63) is 58.7 Å². The first kappa shape index (κ1) is 28.2. The molecule has 11 heteroatoms. The summed E-state index contributed by atoms with van der Waals surface area (Å²) in [5.74, 6) is -0.251. The molecule has 4 amide bonds. The van der Waals surface area contributed by atoms with E-state index in [0.29, 0.717) is 16.4 Å². The maximum absolute atomic E-state index is 12.9. The normalized spacial score (nSPS) is 12.1. The van der Waals surface area contributed by atoms with Gasteiger partial charge in [-0.05, 0) is 88.5 Å². The standard InChI is InChI=1S/C26H32ClN5O4S/c1-15-7-12-20-19(22(15)27)13-21(32(20)6)23(33)30-17-8-10-18(11-9-17)37-31-24(34)29-16(2)14-28-25(35)36-26(3,4)5/h7-13,16H,14H2,1-6H3,(H,28,35)(H,30,33)(H2,29,31,34). The van der Waals surface area contributed by atoms with Gasteiger partial charge in [-0.1, -0.05) is 17.7 Å². The molecule has 1 atom stereocenters. The van der Waals surface area contributed by atoms with Gasteiger partial charge in [-0.25, -0.2) is 9.59 Å². The number of aryl methyl sites for hydroxylation is 2. The number of amides is 4. The fourth-order valence-electron chi connectivity index (χ4n) is 3.46. The second kappa shape index (κ2) is 11.8. The van der Waals surface area contributed by atoms with Gasteiger partial charge in [0, 0.05) is 41.1 Å². The lowest BCUT2D eigenvalue weighted by Crippen LogP contribution is -2.45. The van der Waals surface area contributed by atoms with E-state index < -0.39 is 17.7 Å². The quantitative estimate of drug-likeness (QED) is 0.288. The summed E-state index contributed by atoms with van der Waals surface area (Å²) in [6.45, 7) is 9.26. The third kappa shape index (κ3) is 7.80. The van der Waals surface area contributed by atoms with Crippen LogP contribution in [0.25, 0.3) is 10.9 Å². The van der Waals surface area contributed by atoms with Crippen LogP contribution in [0.1, 0.15) is 43.7 Å². The summed E-state index contributed by atoms with van der Waals surface area (Å²) in [6.07, 6.45) is -0.539. The van der Waals surface area contributed by atoms with E-state index in [0.717, 1.165) is 33.3 Å². The second-order valence-electron chi connectivity index (χ2n) is 9.66. The Bertz CT molecular complexity index is 1300. The van der Waals surface area contributed by atoms with Crippen LogP contribution in [0.3, 0.4) is 0 Å². The Labute approximate surface area is 225 Å². The first-order chi connectivity index (χ1) is 17.3. The number of hydrogen-bond donors (Lipinski definition) is 4. The molecule has 0 aliphatic carbocycles. The summed E-state index contributed by atoms with van der Waals surface area (Å²) in [5, 5.41) is 9.72. The minimum absolute atomic E-state index is 0.226. The molecule has 0 radical (unpaired) electrons. The third-order valence-electron chi connectivity index (χ3n) is 5.29. The highest BCUT2D eigenvalue weighted by Crippen LogP contribution is 2.29. The van der Waals surface area contributed by atoms with Gasteiger partial charge in [-0.2, -0.15) is 0 Å². The molecule has 198 valence electrons. The van der Waals surface area contributed by atoms with Crippen molar-refractivity contribution in [2.75, 3.05) is 11.9 Å². The number of nitrogens with one attached hydrogen (secondary N) is 4. The number of aromatic nitrogens is 1. The Hall–Kier alpha value is -3.37. The lowest BCUT2D eigenvalue weighted by molar-refractivity contribution is 0.0523.